The number of guanidine groups is 1. The number of methoxy groups -OCH3 is 2. The summed E-state index contributed by atoms with van der Waals surface area (Å²) in [5.74, 6) is 6.65. The predicted molar refractivity (Wildman–Crippen MR) is 88.1 cm³/mol. The summed E-state index contributed by atoms with van der Waals surface area (Å²) in [6, 6.07) is 3.73. The fraction of sp³-hybridized carbons (Fsp3) is 0.417. The van der Waals surface area contributed by atoms with Gasteiger partial charge in [0.15, 0.2) is 0 Å². The van der Waals surface area contributed by atoms with E-state index in [4.69, 9.17) is 15.3 Å². The summed E-state index contributed by atoms with van der Waals surface area (Å²) in [7, 11) is 3.27. The van der Waals surface area contributed by atoms with E-state index in [0.717, 1.165) is 21.1 Å². The summed E-state index contributed by atoms with van der Waals surface area (Å²) in [4.78, 5) is 4.31. The summed E-state index contributed by atoms with van der Waals surface area (Å²) in [6.07, 6.45) is 0.828. The average molecular weight is 410 g/mol. The molecule has 0 aliphatic rings. The molecule has 20 heavy (non-hydrogen) atoms. The van der Waals surface area contributed by atoms with Crippen LogP contribution in [0.3, 0.4) is 0 Å². The average Bonchev–Trinajstić information content (AvgIpc) is 2.44. The molecule has 1 rings (SSSR count). The summed E-state index contributed by atoms with van der Waals surface area (Å²) in [6.45, 7) is 1.28. The molecule has 0 amide bonds. The third-order valence-electron chi connectivity index (χ3n) is 2.41. The first-order valence-electron chi connectivity index (χ1n) is 5.92. The second-order valence-electron chi connectivity index (χ2n) is 3.81. The zero-order valence-corrected chi connectivity index (χ0v) is 14.5. The number of nitrogens with zero attached hydrogens (tertiary/aromatic N) is 1. The van der Waals surface area contributed by atoms with Crippen molar-refractivity contribution < 1.29 is 9.47 Å². The number of nitrogens with two attached hydrogens (primary N) is 1. The minimum absolute atomic E-state index is 0.478. The Morgan fingerprint density at radius 3 is 2.65 bits per heavy atom. The lowest BCUT2D eigenvalue weighted by Crippen LogP contribution is -2.36. The van der Waals surface area contributed by atoms with Gasteiger partial charge < -0.3 is 14.8 Å². The van der Waals surface area contributed by atoms with Crippen LogP contribution >= 0.6 is 31.9 Å². The number of benzene rings is 1. The molecular weight excluding hydrogens is 392 g/mol. The van der Waals surface area contributed by atoms with Gasteiger partial charge in [0.25, 0.3) is 0 Å². The molecule has 8 heteroatoms. The van der Waals surface area contributed by atoms with Gasteiger partial charge in [0, 0.05) is 30.8 Å². The van der Waals surface area contributed by atoms with E-state index >= 15 is 0 Å². The summed E-state index contributed by atoms with van der Waals surface area (Å²) < 4.78 is 11.9. The molecule has 0 aliphatic heterocycles. The topological polar surface area (TPSA) is 80.9 Å². The molecule has 0 spiro atoms. The second-order valence-corrected chi connectivity index (χ2v) is 5.52. The fourth-order valence-electron chi connectivity index (χ4n) is 1.43. The quantitative estimate of drug-likeness (QED) is 0.221. The number of ether oxygens (including phenoxy) is 2. The lowest BCUT2D eigenvalue weighted by atomic mass is 10.3. The number of halogens is 2. The van der Waals surface area contributed by atoms with Crippen molar-refractivity contribution in [1.29, 1.82) is 0 Å². The van der Waals surface area contributed by atoms with E-state index in [2.05, 4.69) is 47.6 Å². The van der Waals surface area contributed by atoms with Crippen molar-refractivity contribution >= 4 is 43.5 Å². The van der Waals surface area contributed by atoms with Crippen LogP contribution in [0.15, 0.2) is 26.1 Å². The van der Waals surface area contributed by atoms with Gasteiger partial charge in [-0.2, -0.15) is 0 Å². The molecular formula is C12H18Br2N4O2. The van der Waals surface area contributed by atoms with Crippen molar-refractivity contribution in [2.75, 3.05) is 32.7 Å². The minimum atomic E-state index is 0.478. The van der Waals surface area contributed by atoms with Gasteiger partial charge in [-0.1, -0.05) is 0 Å². The molecule has 1 aromatic rings. The van der Waals surface area contributed by atoms with Crippen molar-refractivity contribution in [2.45, 2.75) is 6.42 Å². The highest BCUT2D eigenvalue weighted by Crippen LogP contribution is 2.34. The molecule has 0 fully saturated rings. The van der Waals surface area contributed by atoms with Gasteiger partial charge in [-0.05, 0) is 44.3 Å². The molecule has 4 N–H and O–H groups in total. The van der Waals surface area contributed by atoms with Gasteiger partial charge in [-0.15, -0.1) is 0 Å². The number of nitrogens with one attached hydrogen (secondary N) is 2. The van der Waals surface area contributed by atoms with Crippen LogP contribution in [-0.4, -0.2) is 33.3 Å². The molecule has 1 aromatic carbocycles. The Morgan fingerprint density at radius 1 is 1.30 bits per heavy atom. The standard InChI is InChI=1S/C12H18Br2N4O2/c1-19-5-3-4-16-12(18-15)17-10-7-11(20-2)9(14)6-8(10)13/h6-7H,3-5,15H2,1-2H3,(H2,16,17,18). The molecule has 0 saturated heterocycles. The van der Waals surface area contributed by atoms with Crippen LogP contribution in [0.5, 0.6) is 5.75 Å². The van der Waals surface area contributed by atoms with Crippen LogP contribution in [0.25, 0.3) is 0 Å². The van der Waals surface area contributed by atoms with Crippen molar-refractivity contribution in [3.63, 3.8) is 0 Å². The van der Waals surface area contributed by atoms with Crippen LogP contribution in [0.4, 0.5) is 5.69 Å². The highest BCUT2D eigenvalue weighted by atomic mass is 79.9. The first kappa shape index (κ1) is 17.2. The maximum absolute atomic E-state index is 5.46. The van der Waals surface area contributed by atoms with E-state index in [0.29, 0.717) is 24.9 Å². The van der Waals surface area contributed by atoms with Crippen LogP contribution in [-0.2, 0) is 4.74 Å². The largest absolute Gasteiger partial charge is 0.495 e. The van der Waals surface area contributed by atoms with E-state index in [1.165, 1.54) is 0 Å². The molecule has 0 saturated carbocycles. The SMILES string of the molecule is COCCCN=C(NN)Nc1cc(OC)c(Br)cc1Br. The number of hydrogen-bond acceptors (Lipinski definition) is 4. The predicted octanol–water partition coefficient (Wildman–Crippen LogP) is 2.49. The van der Waals surface area contributed by atoms with Crippen LogP contribution < -0.4 is 21.3 Å². The number of hydrazine groups is 1. The molecule has 0 heterocycles. The normalized spacial score (nSPS) is 11.3. The number of rotatable bonds is 6. The van der Waals surface area contributed by atoms with Crippen molar-refractivity contribution in [2.24, 2.45) is 10.8 Å². The molecule has 0 aromatic heterocycles. The first-order chi connectivity index (χ1) is 9.62. The van der Waals surface area contributed by atoms with E-state index in [1.807, 2.05) is 12.1 Å². The molecule has 0 unspecified atom stereocenters. The van der Waals surface area contributed by atoms with Gasteiger partial charge in [0.2, 0.25) is 5.96 Å². The maximum Gasteiger partial charge on any atom is 0.210 e. The zero-order chi connectivity index (χ0) is 15.0. The fourth-order valence-corrected chi connectivity index (χ4v) is 2.68. The zero-order valence-electron chi connectivity index (χ0n) is 11.4. The molecule has 0 atom stereocenters. The number of anilines is 1. The second kappa shape index (κ2) is 9.17. The van der Waals surface area contributed by atoms with Crippen molar-refractivity contribution in [1.82, 2.24) is 5.43 Å². The van der Waals surface area contributed by atoms with E-state index in [-0.39, 0.29) is 0 Å². The maximum atomic E-state index is 5.46. The molecule has 0 bridgehead atoms. The van der Waals surface area contributed by atoms with Gasteiger partial charge in [-0.3, -0.25) is 10.4 Å². The summed E-state index contributed by atoms with van der Waals surface area (Å²) >= 11 is 6.89. The molecule has 0 radical (unpaired) electrons. The number of aliphatic imine (C=N–C) groups is 1. The van der Waals surface area contributed by atoms with E-state index < -0.39 is 0 Å². The lowest BCUT2D eigenvalue weighted by molar-refractivity contribution is 0.197. The highest BCUT2D eigenvalue weighted by Gasteiger charge is 2.08. The Bertz CT molecular complexity index is 469. The Kier molecular flexibility index (Phi) is 7.90. The van der Waals surface area contributed by atoms with Crippen LogP contribution in [0.1, 0.15) is 6.42 Å². The molecule has 6 nitrogen and oxygen atoms in total. The van der Waals surface area contributed by atoms with E-state index in [9.17, 15) is 0 Å². The van der Waals surface area contributed by atoms with E-state index in [1.54, 1.807) is 14.2 Å². The Labute approximate surface area is 135 Å². The van der Waals surface area contributed by atoms with Gasteiger partial charge >= 0.3 is 0 Å². The smallest absolute Gasteiger partial charge is 0.210 e. The van der Waals surface area contributed by atoms with Gasteiger partial charge in [0.05, 0.1) is 17.3 Å². The van der Waals surface area contributed by atoms with Crippen molar-refractivity contribution in [3.05, 3.63) is 21.1 Å². The third kappa shape index (κ3) is 5.28. The Balaban J connectivity index is 2.79. The highest BCUT2D eigenvalue weighted by molar-refractivity contribution is 9.11. The monoisotopic (exact) mass is 408 g/mol. The summed E-state index contributed by atoms with van der Waals surface area (Å²) in [5.41, 5.74) is 3.33. The Hall–Kier alpha value is -0.830. The lowest BCUT2D eigenvalue weighted by Gasteiger charge is -2.13. The van der Waals surface area contributed by atoms with Crippen molar-refractivity contribution in [3.8, 4) is 5.75 Å². The minimum Gasteiger partial charge on any atom is -0.495 e. The Morgan fingerprint density at radius 2 is 2.05 bits per heavy atom. The van der Waals surface area contributed by atoms with Crippen LogP contribution in [0.2, 0.25) is 0 Å². The third-order valence-corrected chi connectivity index (χ3v) is 3.68. The summed E-state index contributed by atoms with van der Waals surface area (Å²) in [5, 5.41) is 3.10. The number of hydrogen-bond donors (Lipinski definition) is 3. The van der Waals surface area contributed by atoms with Gasteiger partial charge in [-0.25, -0.2) is 5.84 Å². The van der Waals surface area contributed by atoms with Gasteiger partial charge in [0.1, 0.15) is 5.75 Å². The van der Waals surface area contributed by atoms with Crippen LogP contribution in [0, 0.1) is 0 Å². The molecule has 112 valence electrons. The molecule has 0 aliphatic carbocycles. The first-order valence-corrected chi connectivity index (χ1v) is 7.51.